The Balaban J connectivity index is 2.20. The Morgan fingerprint density at radius 3 is 2.46 bits per heavy atom. The number of nitrogens with zero attached hydrogens (tertiary/aromatic N) is 1. The Morgan fingerprint density at radius 2 is 1.89 bits per heavy atom. The van der Waals surface area contributed by atoms with Crippen LogP contribution in [0.15, 0.2) is 24.3 Å². The van der Waals surface area contributed by atoms with Crippen LogP contribution >= 0.6 is 34.6 Å². The summed E-state index contributed by atoms with van der Waals surface area (Å²) in [6.45, 7) is 10.9. The van der Waals surface area contributed by atoms with Crippen molar-refractivity contribution >= 4 is 34.6 Å². The number of benzene rings is 1. The molecule has 0 saturated carbocycles. The van der Waals surface area contributed by atoms with Crippen LogP contribution in [0.2, 0.25) is 0 Å². The second-order valence-corrected chi connectivity index (χ2v) is 10.5. The summed E-state index contributed by atoms with van der Waals surface area (Å²) in [6, 6.07) is 8.13. The topological polar surface area (TPSA) is 42.4 Å². The molecule has 3 rings (SSSR count). The van der Waals surface area contributed by atoms with E-state index in [0.717, 1.165) is 38.9 Å². The minimum atomic E-state index is -0.687. The molecule has 1 N–H and O–H groups in total. The minimum Gasteiger partial charge on any atom is -0.384 e. The van der Waals surface area contributed by atoms with Gasteiger partial charge in [0.25, 0.3) is 0 Å². The fourth-order valence-electron chi connectivity index (χ4n) is 4.06. The maximum absolute atomic E-state index is 11.3. The molecular formula is C23H30INO2S. The SMILES string of the molecule is CSOC1CC(C)(C)Cc2nc(C(C)C)c([C@H](O)c3ccc(C)cc3)c(I)c21. The van der Waals surface area contributed by atoms with Gasteiger partial charge in [-0.25, -0.2) is 0 Å². The molecule has 0 amide bonds. The van der Waals surface area contributed by atoms with E-state index >= 15 is 0 Å². The third kappa shape index (κ3) is 4.42. The van der Waals surface area contributed by atoms with Gasteiger partial charge in [-0.2, -0.15) is 0 Å². The van der Waals surface area contributed by atoms with Gasteiger partial charge in [-0.3, -0.25) is 4.98 Å². The molecule has 0 aliphatic heterocycles. The molecule has 2 aromatic rings. The van der Waals surface area contributed by atoms with Crippen LogP contribution in [0.25, 0.3) is 0 Å². The summed E-state index contributed by atoms with van der Waals surface area (Å²) in [6.07, 6.45) is 3.17. The van der Waals surface area contributed by atoms with E-state index in [0.29, 0.717) is 0 Å². The van der Waals surface area contributed by atoms with Crippen LogP contribution < -0.4 is 0 Å². The van der Waals surface area contributed by atoms with Gasteiger partial charge in [-0.05, 0) is 71.3 Å². The Morgan fingerprint density at radius 1 is 1.25 bits per heavy atom. The molecule has 28 heavy (non-hydrogen) atoms. The zero-order valence-corrected chi connectivity index (χ0v) is 20.5. The van der Waals surface area contributed by atoms with Crippen molar-refractivity contribution in [2.24, 2.45) is 5.41 Å². The number of aryl methyl sites for hydroxylation is 1. The smallest absolute Gasteiger partial charge is 0.107 e. The fraction of sp³-hybridized carbons (Fsp3) is 0.522. The van der Waals surface area contributed by atoms with Crippen molar-refractivity contribution in [3.63, 3.8) is 0 Å². The van der Waals surface area contributed by atoms with Gasteiger partial charge in [0.05, 0.1) is 5.69 Å². The lowest BCUT2D eigenvalue weighted by Crippen LogP contribution is -2.29. The second-order valence-electron chi connectivity index (χ2n) is 8.85. The predicted octanol–water partition coefficient (Wildman–Crippen LogP) is 6.51. The normalized spacial score (nSPS) is 19.5. The van der Waals surface area contributed by atoms with Crippen LogP contribution in [-0.4, -0.2) is 16.3 Å². The van der Waals surface area contributed by atoms with Gasteiger partial charge in [-0.15, -0.1) is 0 Å². The first-order valence-corrected chi connectivity index (χ1v) is 12.0. The van der Waals surface area contributed by atoms with E-state index in [1.54, 1.807) is 0 Å². The van der Waals surface area contributed by atoms with Gasteiger partial charge in [0.1, 0.15) is 12.2 Å². The number of hydrogen-bond donors (Lipinski definition) is 1. The van der Waals surface area contributed by atoms with Crippen molar-refractivity contribution in [3.05, 3.63) is 61.5 Å². The monoisotopic (exact) mass is 511 g/mol. The lowest BCUT2D eigenvalue weighted by atomic mass is 9.74. The number of pyridine rings is 1. The molecule has 0 bridgehead atoms. The van der Waals surface area contributed by atoms with Gasteiger partial charge < -0.3 is 9.29 Å². The molecule has 1 heterocycles. The highest BCUT2D eigenvalue weighted by atomic mass is 127. The Hall–Kier alpha value is -0.630. The zero-order chi connectivity index (χ0) is 20.6. The van der Waals surface area contributed by atoms with Crippen LogP contribution in [0.5, 0.6) is 0 Å². The number of halogens is 1. The molecule has 0 spiro atoms. The Kier molecular flexibility index (Phi) is 6.79. The standard InChI is InChI=1S/C23H30INO2S/c1-13(2)21-19(22(26)15-9-7-14(3)8-10-15)20(24)18-16(25-21)11-23(4,5)12-17(18)27-28-6/h7-10,13,17,22,26H,11-12H2,1-6H3/t17?,22-/m1/s1. The summed E-state index contributed by atoms with van der Waals surface area (Å²) < 4.78 is 7.18. The zero-order valence-electron chi connectivity index (χ0n) is 17.5. The fourth-order valence-corrected chi connectivity index (χ4v) is 5.68. The van der Waals surface area contributed by atoms with Crippen molar-refractivity contribution in [1.29, 1.82) is 0 Å². The molecule has 0 saturated heterocycles. The van der Waals surface area contributed by atoms with Crippen LogP contribution in [0.4, 0.5) is 0 Å². The van der Waals surface area contributed by atoms with Crippen molar-refractivity contribution in [2.75, 3.05) is 6.26 Å². The van der Waals surface area contributed by atoms with Gasteiger partial charge in [0.2, 0.25) is 0 Å². The maximum atomic E-state index is 11.3. The third-order valence-electron chi connectivity index (χ3n) is 5.45. The number of rotatable bonds is 5. The average molecular weight is 511 g/mol. The average Bonchev–Trinajstić information content (AvgIpc) is 2.60. The molecule has 0 fully saturated rings. The molecule has 1 aliphatic rings. The first-order valence-electron chi connectivity index (χ1n) is 9.80. The summed E-state index contributed by atoms with van der Waals surface area (Å²) in [7, 11) is 0. The van der Waals surface area contributed by atoms with Crippen molar-refractivity contribution in [1.82, 2.24) is 4.98 Å². The summed E-state index contributed by atoms with van der Waals surface area (Å²) in [4.78, 5) is 5.11. The Bertz CT molecular complexity index is 849. The van der Waals surface area contributed by atoms with Crippen LogP contribution in [-0.2, 0) is 10.6 Å². The Labute approximate surface area is 187 Å². The molecular weight excluding hydrogens is 481 g/mol. The van der Waals surface area contributed by atoms with Gasteiger partial charge in [0.15, 0.2) is 0 Å². The highest BCUT2D eigenvalue weighted by molar-refractivity contribution is 14.1. The van der Waals surface area contributed by atoms with E-state index < -0.39 is 6.10 Å². The summed E-state index contributed by atoms with van der Waals surface area (Å²) in [5.41, 5.74) is 6.47. The van der Waals surface area contributed by atoms with E-state index in [1.165, 1.54) is 23.2 Å². The van der Waals surface area contributed by atoms with E-state index in [-0.39, 0.29) is 17.4 Å². The molecule has 2 atom stereocenters. The summed E-state index contributed by atoms with van der Waals surface area (Å²) >= 11 is 3.82. The largest absolute Gasteiger partial charge is 0.384 e. The van der Waals surface area contributed by atoms with Crippen LogP contribution in [0.1, 0.15) is 85.9 Å². The molecule has 5 heteroatoms. The predicted molar refractivity (Wildman–Crippen MR) is 126 cm³/mol. The number of aliphatic hydroxyl groups is 1. The summed E-state index contributed by atoms with van der Waals surface area (Å²) in [5.74, 6) is 0.235. The highest BCUT2D eigenvalue weighted by Gasteiger charge is 2.38. The van der Waals surface area contributed by atoms with Crippen molar-refractivity contribution in [2.45, 2.75) is 65.6 Å². The lowest BCUT2D eigenvalue weighted by molar-refractivity contribution is 0.140. The highest BCUT2D eigenvalue weighted by Crippen LogP contribution is 2.47. The van der Waals surface area contributed by atoms with Gasteiger partial charge in [-0.1, -0.05) is 57.5 Å². The van der Waals surface area contributed by atoms with Crippen LogP contribution in [0.3, 0.4) is 0 Å². The van der Waals surface area contributed by atoms with E-state index in [9.17, 15) is 5.11 Å². The number of aliphatic hydroxyl groups excluding tert-OH is 1. The first kappa shape index (κ1) is 22.1. The number of hydrogen-bond acceptors (Lipinski definition) is 4. The molecule has 1 unspecified atom stereocenters. The third-order valence-corrected chi connectivity index (χ3v) is 7.03. The molecule has 1 aliphatic carbocycles. The quantitative estimate of drug-likeness (QED) is 0.367. The second kappa shape index (κ2) is 8.62. The number of fused-ring (bicyclic) bond motifs is 1. The van der Waals surface area contributed by atoms with E-state index in [2.05, 4.69) is 69.3 Å². The number of aromatic nitrogens is 1. The first-order chi connectivity index (χ1) is 13.1. The molecule has 3 nitrogen and oxygen atoms in total. The van der Waals surface area contributed by atoms with Crippen molar-refractivity contribution in [3.8, 4) is 0 Å². The van der Waals surface area contributed by atoms with E-state index in [4.69, 9.17) is 9.17 Å². The summed E-state index contributed by atoms with van der Waals surface area (Å²) in [5, 5.41) is 11.3. The molecule has 152 valence electrons. The van der Waals surface area contributed by atoms with Gasteiger partial charge >= 0.3 is 0 Å². The van der Waals surface area contributed by atoms with Crippen LogP contribution in [0, 0.1) is 15.9 Å². The minimum absolute atomic E-state index is 0.00155. The van der Waals surface area contributed by atoms with E-state index in [1.807, 2.05) is 18.4 Å². The van der Waals surface area contributed by atoms with Gasteiger partial charge in [0, 0.05) is 26.6 Å². The molecule has 1 aromatic heterocycles. The lowest BCUT2D eigenvalue weighted by Gasteiger charge is -2.37. The molecule has 1 aromatic carbocycles. The van der Waals surface area contributed by atoms with Crippen molar-refractivity contribution < 1.29 is 9.29 Å². The molecule has 0 radical (unpaired) electrons. The maximum Gasteiger partial charge on any atom is 0.107 e.